The summed E-state index contributed by atoms with van der Waals surface area (Å²) in [7, 11) is 0. The lowest BCUT2D eigenvalue weighted by atomic mass is 10.2. The van der Waals surface area contributed by atoms with Crippen molar-refractivity contribution in [3.63, 3.8) is 0 Å². The van der Waals surface area contributed by atoms with Gasteiger partial charge in [0.05, 0.1) is 12.1 Å². The molecule has 102 valence electrons. The van der Waals surface area contributed by atoms with Crippen LogP contribution >= 0.6 is 11.3 Å². The number of phenols is 1. The van der Waals surface area contributed by atoms with Crippen molar-refractivity contribution in [1.82, 2.24) is 15.3 Å². The van der Waals surface area contributed by atoms with Crippen LogP contribution in [-0.2, 0) is 13.1 Å². The molecule has 0 fully saturated rings. The maximum absolute atomic E-state index is 11.8. The van der Waals surface area contributed by atoms with Crippen LogP contribution in [0.15, 0.2) is 40.5 Å². The molecular formula is C14H13N3O2S. The summed E-state index contributed by atoms with van der Waals surface area (Å²) >= 11 is 1.39. The van der Waals surface area contributed by atoms with Crippen LogP contribution in [-0.4, -0.2) is 15.1 Å². The first-order chi connectivity index (χ1) is 9.74. The maximum atomic E-state index is 11.8. The predicted molar refractivity (Wildman–Crippen MR) is 78.9 cm³/mol. The topological polar surface area (TPSA) is 78.0 Å². The Kier molecular flexibility index (Phi) is 3.49. The van der Waals surface area contributed by atoms with Crippen LogP contribution in [0.25, 0.3) is 10.2 Å². The van der Waals surface area contributed by atoms with E-state index in [2.05, 4.69) is 15.3 Å². The molecule has 0 spiro atoms. The number of para-hydroxylation sites is 1. The van der Waals surface area contributed by atoms with E-state index in [4.69, 9.17) is 0 Å². The lowest BCUT2D eigenvalue weighted by Gasteiger charge is -2.06. The number of hydrogen-bond donors (Lipinski definition) is 3. The number of hydrogen-bond acceptors (Lipinski definition) is 5. The van der Waals surface area contributed by atoms with E-state index in [1.807, 2.05) is 23.6 Å². The molecule has 3 N–H and O–H groups in total. The summed E-state index contributed by atoms with van der Waals surface area (Å²) in [6, 6.07) is 8.98. The number of H-pyrrole nitrogens is 1. The molecule has 6 heteroatoms. The van der Waals surface area contributed by atoms with Crippen molar-refractivity contribution in [3.8, 4) is 5.75 Å². The quantitative estimate of drug-likeness (QED) is 0.685. The van der Waals surface area contributed by atoms with Gasteiger partial charge in [0, 0.05) is 12.1 Å². The fourth-order valence-corrected chi connectivity index (χ4v) is 2.71. The van der Waals surface area contributed by atoms with Crippen LogP contribution < -0.4 is 10.9 Å². The SMILES string of the molecule is O=c1[nH]c(CNCc2ccccc2O)nc2ccsc12. The highest BCUT2D eigenvalue weighted by molar-refractivity contribution is 7.17. The van der Waals surface area contributed by atoms with Crippen LogP contribution in [0, 0.1) is 0 Å². The minimum atomic E-state index is -0.107. The van der Waals surface area contributed by atoms with E-state index in [1.165, 1.54) is 11.3 Å². The predicted octanol–water partition coefficient (Wildman–Crippen LogP) is 1.98. The average molecular weight is 287 g/mol. The van der Waals surface area contributed by atoms with Gasteiger partial charge >= 0.3 is 0 Å². The number of rotatable bonds is 4. The van der Waals surface area contributed by atoms with E-state index in [0.29, 0.717) is 23.6 Å². The zero-order chi connectivity index (χ0) is 13.9. The third-order valence-corrected chi connectivity index (χ3v) is 3.87. The molecule has 5 nitrogen and oxygen atoms in total. The molecule has 0 radical (unpaired) electrons. The molecule has 1 aromatic carbocycles. The minimum Gasteiger partial charge on any atom is -0.508 e. The molecule has 0 aliphatic carbocycles. The molecule has 0 bridgehead atoms. The van der Waals surface area contributed by atoms with Crippen LogP contribution in [0.4, 0.5) is 0 Å². The highest BCUT2D eigenvalue weighted by Crippen LogP contribution is 2.15. The summed E-state index contributed by atoms with van der Waals surface area (Å²) in [5.41, 5.74) is 1.42. The van der Waals surface area contributed by atoms with E-state index in [0.717, 1.165) is 11.1 Å². The minimum absolute atomic E-state index is 0.107. The molecule has 0 atom stereocenters. The summed E-state index contributed by atoms with van der Waals surface area (Å²) in [6.07, 6.45) is 0. The van der Waals surface area contributed by atoms with Crippen LogP contribution in [0.2, 0.25) is 0 Å². The molecule has 0 aliphatic heterocycles. The Bertz CT molecular complexity index is 794. The normalized spacial score (nSPS) is 11.0. The Labute approximate surface area is 118 Å². The number of phenolic OH excluding ortho intramolecular Hbond substituents is 1. The number of benzene rings is 1. The second-order valence-corrected chi connectivity index (χ2v) is 5.30. The Hall–Kier alpha value is -2.18. The molecule has 0 saturated heterocycles. The smallest absolute Gasteiger partial charge is 0.268 e. The molecule has 0 amide bonds. The second kappa shape index (κ2) is 5.44. The van der Waals surface area contributed by atoms with E-state index >= 15 is 0 Å². The fourth-order valence-electron chi connectivity index (χ4n) is 1.98. The van der Waals surface area contributed by atoms with E-state index < -0.39 is 0 Å². The highest BCUT2D eigenvalue weighted by Gasteiger charge is 2.05. The van der Waals surface area contributed by atoms with Gasteiger partial charge in [0.15, 0.2) is 0 Å². The Morgan fingerprint density at radius 3 is 2.95 bits per heavy atom. The molecule has 3 aromatic rings. The summed E-state index contributed by atoms with van der Waals surface area (Å²) in [6.45, 7) is 0.952. The number of thiophene rings is 1. The highest BCUT2D eigenvalue weighted by atomic mass is 32.1. The van der Waals surface area contributed by atoms with Gasteiger partial charge in [0.25, 0.3) is 5.56 Å². The number of nitrogens with one attached hydrogen (secondary N) is 2. The van der Waals surface area contributed by atoms with Crippen molar-refractivity contribution in [1.29, 1.82) is 0 Å². The van der Waals surface area contributed by atoms with Gasteiger partial charge in [-0.25, -0.2) is 4.98 Å². The number of aromatic amines is 1. The monoisotopic (exact) mass is 287 g/mol. The van der Waals surface area contributed by atoms with Crippen molar-refractivity contribution in [2.24, 2.45) is 0 Å². The number of nitrogens with zero attached hydrogens (tertiary/aromatic N) is 1. The molecule has 2 heterocycles. The van der Waals surface area contributed by atoms with Crippen molar-refractivity contribution in [2.45, 2.75) is 13.1 Å². The molecule has 20 heavy (non-hydrogen) atoms. The Morgan fingerprint density at radius 1 is 1.25 bits per heavy atom. The van der Waals surface area contributed by atoms with Crippen molar-refractivity contribution in [2.75, 3.05) is 0 Å². The zero-order valence-corrected chi connectivity index (χ0v) is 11.4. The van der Waals surface area contributed by atoms with Gasteiger partial charge in [0.2, 0.25) is 0 Å². The molecule has 0 saturated carbocycles. The van der Waals surface area contributed by atoms with Gasteiger partial charge in [-0.15, -0.1) is 11.3 Å². The lowest BCUT2D eigenvalue weighted by Crippen LogP contribution is -2.18. The third kappa shape index (κ3) is 2.56. The first-order valence-electron chi connectivity index (χ1n) is 6.18. The number of aromatic nitrogens is 2. The first kappa shape index (κ1) is 12.8. The molecular weight excluding hydrogens is 274 g/mol. The summed E-state index contributed by atoms with van der Waals surface area (Å²) in [5.74, 6) is 0.853. The van der Waals surface area contributed by atoms with Gasteiger partial charge in [-0.3, -0.25) is 4.79 Å². The number of aromatic hydroxyl groups is 1. The average Bonchev–Trinajstić information content (AvgIpc) is 2.90. The zero-order valence-electron chi connectivity index (χ0n) is 10.6. The summed E-state index contributed by atoms with van der Waals surface area (Å²) < 4.78 is 0.648. The van der Waals surface area contributed by atoms with Crippen LogP contribution in [0.3, 0.4) is 0 Å². The standard InChI is InChI=1S/C14H13N3O2S/c18-11-4-2-1-3-9(11)7-15-8-12-16-10-5-6-20-13(10)14(19)17-12/h1-6,15,18H,7-8H2,(H,16,17,19). The van der Waals surface area contributed by atoms with Gasteiger partial charge in [-0.1, -0.05) is 18.2 Å². The van der Waals surface area contributed by atoms with Gasteiger partial charge < -0.3 is 15.4 Å². The largest absolute Gasteiger partial charge is 0.508 e. The summed E-state index contributed by atoms with van der Waals surface area (Å²) in [5, 5.41) is 14.7. The Morgan fingerprint density at radius 2 is 2.10 bits per heavy atom. The number of fused-ring (bicyclic) bond motifs is 1. The van der Waals surface area contributed by atoms with Crippen molar-refractivity contribution >= 4 is 21.6 Å². The van der Waals surface area contributed by atoms with Crippen molar-refractivity contribution < 1.29 is 5.11 Å². The first-order valence-corrected chi connectivity index (χ1v) is 7.06. The van der Waals surface area contributed by atoms with E-state index in [1.54, 1.807) is 12.1 Å². The maximum Gasteiger partial charge on any atom is 0.268 e. The molecule has 0 aliphatic rings. The summed E-state index contributed by atoms with van der Waals surface area (Å²) in [4.78, 5) is 18.9. The van der Waals surface area contributed by atoms with E-state index in [9.17, 15) is 9.90 Å². The Balaban J connectivity index is 1.71. The third-order valence-electron chi connectivity index (χ3n) is 2.96. The lowest BCUT2D eigenvalue weighted by molar-refractivity contribution is 0.464. The molecule has 0 unspecified atom stereocenters. The van der Waals surface area contributed by atoms with E-state index in [-0.39, 0.29) is 11.3 Å². The van der Waals surface area contributed by atoms with Gasteiger partial charge in [-0.05, 0) is 17.5 Å². The molecule has 3 rings (SSSR count). The second-order valence-electron chi connectivity index (χ2n) is 4.38. The van der Waals surface area contributed by atoms with Gasteiger partial charge in [0.1, 0.15) is 16.3 Å². The van der Waals surface area contributed by atoms with Gasteiger partial charge in [-0.2, -0.15) is 0 Å². The van der Waals surface area contributed by atoms with Crippen LogP contribution in [0.1, 0.15) is 11.4 Å². The van der Waals surface area contributed by atoms with Crippen LogP contribution in [0.5, 0.6) is 5.75 Å². The fraction of sp³-hybridized carbons (Fsp3) is 0.143. The molecule has 2 aromatic heterocycles. The van der Waals surface area contributed by atoms with Crippen molar-refractivity contribution in [3.05, 3.63) is 57.5 Å².